The molecule has 1 unspecified atom stereocenters. The quantitative estimate of drug-likeness (QED) is 0.774. The van der Waals surface area contributed by atoms with Crippen molar-refractivity contribution in [2.45, 2.75) is 57.0 Å². The summed E-state index contributed by atoms with van der Waals surface area (Å²) in [6, 6.07) is 0.492. The molecular formula is C12H21NO2. The molecule has 0 saturated heterocycles. The van der Waals surface area contributed by atoms with Crippen LogP contribution in [0.25, 0.3) is 0 Å². The molecule has 0 heterocycles. The fourth-order valence-electron chi connectivity index (χ4n) is 2.93. The second kappa shape index (κ2) is 3.78. The number of likely N-dealkylation sites (N-methyl/N-ethyl adjacent to an activating group) is 1. The van der Waals surface area contributed by atoms with Crippen LogP contribution in [0.4, 0.5) is 0 Å². The van der Waals surface area contributed by atoms with Crippen molar-refractivity contribution in [3.63, 3.8) is 0 Å². The minimum atomic E-state index is -0.639. The van der Waals surface area contributed by atoms with Crippen LogP contribution in [0.5, 0.6) is 0 Å². The first-order valence-electron chi connectivity index (χ1n) is 6.03. The molecule has 2 saturated carbocycles. The second-order valence-corrected chi connectivity index (χ2v) is 5.28. The number of carboxylic acid groups (broad SMARTS) is 1. The van der Waals surface area contributed by atoms with Gasteiger partial charge in [-0.2, -0.15) is 0 Å². The molecular weight excluding hydrogens is 190 g/mol. The molecule has 0 aromatic rings. The highest BCUT2D eigenvalue weighted by Gasteiger charge is 2.52. The van der Waals surface area contributed by atoms with Crippen LogP contribution in [0.1, 0.15) is 45.4 Å². The third-order valence-electron chi connectivity index (χ3n) is 4.41. The number of hydrogen-bond acceptors (Lipinski definition) is 2. The van der Waals surface area contributed by atoms with E-state index < -0.39 is 11.5 Å². The molecule has 0 spiro atoms. The first kappa shape index (κ1) is 10.9. The van der Waals surface area contributed by atoms with Gasteiger partial charge in [0, 0.05) is 6.04 Å². The van der Waals surface area contributed by atoms with E-state index in [1.54, 1.807) is 0 Å². The average Bonchev–Trinajstić information content (AvgIpc) is 2.92. The number of carbonyl (C=O) groups is 1. The highest BCUT2D eigenvalue weighted by Crippen LogP contribution is 2.44. The maximum Gasteiger partial charge on any atom is 0.324 e. The summed E-state index contributed by atoms with van der Waals surface area (Å²) in [6.07, 6.45) is 7.03. The maximum absolute atomic E-state index is 11.5. The largest absolute Gasteiger partial charge is 0.480 e. The Bertz CT molecular complexity index is 256. The van der Waals surface area contributed by atoms with Gasteiger partial charge in [-0.15, -0.1) is 0 Å². The van der Waals surface area contributed by atoms with Crippen molar-refractivity contribution in [3.8, 4) is 0 Å². The molecule has 2 aliphatic rings. The summed E-state index contributed by atoms with van der Waals surface area (Å²) in [5.74, 6) is -0.264. The number of nitrogens with zero attached hydrogens (tertiary/aromatic N) is 1. The molecule has 0 radical (unpaired) electrons. The number of hydrogen-bond donors (Lipinski definition) is 1. The summed E-state index contributed by atoms with van der Waals surface area (Å²) < 4.78 is 0. The Morgan fingerprint density at radius 3 is 2.20 bits per heavy atom. The summed E-state index contributed by atoms with van der Waals surface area (Å²) in [5, 5.41) is 9.43. The third-order valence-corrected chi connectivity index (χ3v) is 4.41. The van der Waals surface area contributed by atoms with Crippen LogP contribution < -0.4 is 0 Å². The Morgan fingerprint density at radius 1 is 1.27 bits per heavy atom. The van der Waals surface area contributed by atoms with E-state index >= 15 is 0 Å². The van der Waals surface area contributed by atoms with E-state index in [1.807, 2.05) is 14.0 Å². The van der Waals surface area contributed by atoms with Gasteiger partial charge in [0.2, 0.25) is 0 Å². The van der Waals surface area contributed by atoms with Crippen molar-refractivity contribution < 1.29 is 9.90 Å². The Kier molecular flexibility index (Phi) is 2.75. The molecule has 0 aliphatic heterocycles. The molecule has 0 aromatic carbocycles. The number of rotatable bonds is 4. The molecule has 0 bridgehead atoms. The molecule has 15 heavy (non-hydrogen) atoms. The minimum absolute atomic E-state index is 0.376. The summed E-state index contributed by atoms with van der Waals surface area (Å²) in [4.78, 5) is 13.6. The van der Waals surface area contributed by atoms with Crippen LogP contribution in [0, 0.1) is 5.92 Å². The molecule has 0 aromatic heterocycles. The first-order chi connectivity index (χ1) is 7.06. The Balaban J connectivity index is 2.12. The van der Waals surface area contributed by atoms with Gasteiger partial charge in [0.05, 0.1) is 0 Å². The first-order valence-corrected chi connectivity index (χ1v) is 6.03. The standard InChI is InChI=1S/C12H21NO2/c1-12(11(14)15,9-7-8-9)13(2)10-5-3-4-6-10/h9-10H,3-8H2,1-2H3,(H,14,15). The minimum Gasteiger partial charge on any atom is -0.480 e. The lowest BCUT2D eigenvalue weighted by Gasteiger charge is -2.39. The van der Waals surface area contributed by atoms with E-state index in [-0.39, 0.29) is 0 Å². The van der Waals surface area contributed by atoms with Crippen molar-refractivity contribution in [2.75, 3.05) is 7.05 Å². The molecule has 2 fully saturated rings. The van der Waals surface area contributed by atoms with E-state index in [0.29, 0.717) is 12.0 Å². The lowest BCUT2D eigenvalue weighted by atomic mass is 9.92. The lowest BCUT2D eigenvalue weighted by molar-refractivity contribution is -0.152. The van der Waals surface area contributed by atoms with Gasteiger partial charge in [0.1, 0.15) is 5.54 Å². The van der Waals surface area contributed by atoms with Crippen LogP contribution in [0.15, 0.2) is 0 Å². The molecule has 1 N–H and O–H groups in total. The molecule has 2 aliphatic carbocycles. The van der Waals surface area contributed by atoms with Crippen molar-refractivity contribution in [1.82, 2.24) is 4.90 Å². The molecule has 2 rings (SSSR count). The normalized spacial score (nSPS) is 26.9. The van der Waals surface area contributed by atoms with Gasteiger partial charge in [-0.05, 0) is 45.6 Å². The van der Waals surface area contributed by atoms with Crippen molar-refractivity contribution in [2.24, 2.45) is 5.92 Å². The predicted molar refractivity (Wildman–Crippen MR) is 58.8 cm³/mol. The van der Waals surface area contributed by atoms with Crippen LogP contribution in [-0.4, -0.2) is 34.6 Å². The topological polar surface area (TPSA) is 40.5 Å². The fraction of sp³-hybridized carbons (Fsp3) is 0.917. The molecule has 1 atom stereocenters. The summed E-state index contributed by atoms with van der Waals surface area (Å²) >= 11 is 0. The van der Waals surface area contributed by atoms with Gasteiger partial charge in [0.25, 0.3) is 0 Å². The van der Waals surface area contributed by atoms with E-state index in [2.05, 4.69) is 4.90 Å². The zero-order valence-corrected chi connectivity index (χ0v) is 9.70. The fourth-order valence-corrected chi connectivity index (χ4v) is 2.93. The van der Waals surface area contributed by atoms with Gasteiger partial charge < -0.3 is 5.11 Å². The van der Waals surface area contributed by atoms with Crippen molar-refractivity contribution in [3.05, 3.63) is 0 Å². The van der Waals surface area contributed by atoms with Gasteiger partial charge in [-0.1, -0.05) is 12.8 Å². The zero-order valence-electron chi connectivity index (χ0n) is 9.70. The molecule has 3 nitrogen and oxygen atoms in total. The second-order valence-electron chi connectivity index (χ2n) is 5.28. The summed E-state index contributed by atoms with van der Waals surface area (Å²) in [5.41, 5.74) is -0.616. The number of aliphatic carboxylic acids is 1. The SMILES string of the molecule is CN(C1CCCC1)C(C)(C(=O)O)C1CC1. The predicted octanol–water partition coefficient (Wildman–Crippen LogP) is 2.11. The van der Waals surface area contributed by atoms with Crippen LogP contribution >= 0.6 is 0 Å². The van der Waals surface area contributed by atoms with Crippen LogP contribution in [-0.2, 0) is 4.79 Å². The van der Waals surface area contributed by atoms with Gasteiger partial charge >= 0.3 is 5.97 Å². The van der Waals surface area contributed by atoms with Gasteiger partial charge in [-0.3, -0.25) is 9.69 Å². The van der Waals surface area contributed by atoms with Crippen molar-refractivity contribution >= 4 is 5.97 Å². The van der Waals surface area contributed by atoms with E-state index in [1.165, 1.54) is 25.7 Å². The van der Waals surface area contributed by atoms with Crippen molar-refractivity contribution in [1.29, 1.82) is 0 Å². The van der Waals surface area contributed by atoms with E-state index in [4.69, 9.17) is 0 Å². The van der Waals surface area contributed by atoms with E-state index in [0.717, 1.165) is 12.8 Å². The molecule has 86 valence electrons. The Hall–Kier alpha value is -0.570. The summed E-state index contributed by atoms with van der Waals surface area (Å²) in [7, 11) is 2.00. The zero-order chi connectivity index (χ0) is 11.1. The van der Waals surface area contributed by atoms with Crippen LogP contribution in [0.2, 0.25) is 0 Å². The average molecular weight is 211 g/mol. The molecule has 0 amide bonds. The summed E-state index contributed by atoms with van der Waals surface area (Å²) in [6.45, 7) is 1.91. The van der Waals surface area contributed by atoms with Gasteiger partial charge in [0.15, 0.2) is 0 Å². The van der Waals surface area contributed by atoms with Crippen LogP contribution in [0.3, 0.4) is 0 Å². The highest BCUT2D eigenvalue weighted by molar-refractivity contribution is 5.79. The Labute approximate surface area is 91.5 Å². The Morgan fingerprint density at radius 2 is 1.80 bits per heavy atom. The molecule has 3 heteroatoms. The smallest absolute Gasteiger partial charge is 0.324 e. The maximum atomic E-state index is 11.5. The monoisotopic (exact) mass is 211 g/mol. The number of carboxylic acids is 1. The van der Waals surface area contributed by atoms with Gasteiger partial charge in [-0.25, -0.2) is 0 Å². The lowest BCUT2D eigenvalue weighted by Crippen LogP contribution is -2.55. The highest BCUT2D eigenvalue weighted by atomic mass is 16.4. The third kappa shape index (κ3) is 1.78. The van der Waals surface area contributed by atoms with E-state index in [9.17, 15) is 9.90 Å².